The molecular weight excluding hydrogens is 425 g/mol. The lowest BCUT2D eigenvalue weighted by molar-refractivity contribution is 1.08. The first-order chi connectivity index (χ1) is 13.9. The van der Waals surface area contributed by atoms with Gasteiger partial charge in [-0.2, -0.15) is 23.5 Å². The predicted molar refractivity (Wildman–Crippen MR) is 128 cm³/mol. The van der Waals surface area contributed by atoms with Gasteiger partial charge in [0.2, 0.25) is 0 Å². The van der Waals surface area contributed by atoms with E-state index in [4.69, 9.17) is 0 Å². The molecule has 0 aliphatic rings. The Morgan fingerprint density at radius 1 is 0.571 bits per heavy atom. The number of H-pyrrole nitrogens is 2. The van der Waals surface area contributed by atoms with Crippen molar-refractivity contribution >= 4 is 69.1 Å². The number of para-hydroxylation sites is 4. The van der Waals surface area contributed by atoms with Crippen molar-refractivity contribution in [1.82, 2.24) is 19.9 Å². The highest BCUT2D eigenvalue weighted by Crippen LogP contribution is 2.22. The van der Waals surface area contributed by atoms with Crippen molar-refractivity contribution in [2.75, 3.05) is 34.5 Å². The molecule has 2 aromatic heterocycles. The molecule has 0 aliphatic carbocycles. The molecule has 2 heterocycles. The second-order valence-electron chi connectivity index (χ2n) is 6.04. The second-order valence-corrected chi connectivity index (χ2v) is 10.7. The molecule has 146 valence electrons. The molecule has 4 nitrogen and oxygen atoms in total. The lowest BCUT2D eigenvalue weighted by atomic mass is 10.3. The fourth-order valence-electron chi connectivity index (χ4n) is 2.71. The van der Waals surface area contributed by atoms with Crippen molar-refractivity contribution in [2.45, 2.75) is 10.3 Å². The van der Waals surface area contributed by atoms with Crippen molar-refractivity contribution in [1.29, 1.82) is 0 Å². The lowest BCUT2D eigenvalue weighted by Gasteiger charge is -2.01. The van der Waals surface area contributed by atoms with Crippen LogP contribution in [0.4, 0.5) is 0 Å². The zero-order valence-electron chi connectivity index (χ0n) is 15.4. The summed E-state index contributed by atoms with van der Waals surface area (Å²) >= 11 is 7.67. The molecule has 0 spiro atoms. The summed E-state index contributed by atoms with van der Waals surface area (Å²) < 4.78 is 0. The van der Waals surface area contributed by atoms with Gasteiger partial charge >= 0.3 is 0 Å². The minimum atomic E-state index is 1.03. The average Bonchev–Trinajstić information content (AvgIpc) is 3.32. The Morgan fingerprint density at radius 3 is 1.46 bits per heavy atom. The van der Waals surface area contributed by atoms with Crippen LogP contribution in [0.5, 0.6) is 0 Å². The van der Waals surface area contributed by atoms with E-state index in [1.165, 1.54) is 11.5 Å². The molecular formula is C20H22N4S4. The number of imidazole rings is 2. The van der Waals surface area contributed by atoms with Gasteiger partial charge in [0.25, 0.3) is 0 Å². The average molecular weight is 447 g/mol. The molecule has 0 bridgehead atoms. The van der Waals surface area contributed by atoms with Crippen LogP contribution in [0.3, 0.4) is 0 Å². The monoisotopic (exact) mass is 446 g/mol. The highest BCUT2D eigenvalue weighted by atomic mass is 32.2. The molecule has 0 saturated carbocycles. The third-order valence-electron chi connectivity index (χ3n) is 4.04. The van der Waals surface area contributed by atoms with Crippen LogP contribution >= 0.6 is 47.0 Å². The summed E-state index contributed by atoms with van der Waals surface area (Å²) in [5.74, 6) is 6.93. The molecule has 4 rings (SSSR count). The van der Waals surface area contributed by atoms with Gasteiger partial charge in [0.15, 0.2) is 10.3 Å². The lowest BCUT2D eigenvalue weighted by Crippen LogP contribution is -1.93. The summed E-state index contributed by atoms with van der Waals surface area (Å²) in [4.78, 5) is 15.9. The van der Waals surface area contributed by atoms with Crippen molar-refractivity contribution in [3.63, 3.8) is 0 Å². The summed E-state index contributed by atoms with van der Waals surface area (Å²) in [7, 11) is 0. The van der Waals surface area contributed by atoms with E-state index >= 15 is 0 Å². The van der Waals surface area contributed by atoms with Gasteiger partial charge in [0.05, 0.1) is 22.1 Å². The van der Waals surface area contributed by atoms with E-state index in [2.05, 4.69) is 32.1 Å². The van der Waals surface area contributed by atoms with Crippen molar-refractivity contribution in [2.24, 2.45) is 0 Å². The van der Waals surface area contributed by atoms with E-state index < -0.39 is 0 Å². The van der Waals surface area contributed by atoms with E-state index in [1.54, 1.807) is 0 Å². The number of hydrogen-bond donors (Lipinski definition) is 2. The Kier molecular flexibility index (Phi) is 7.54. The minimum absolute atomic E-state index is 1.03. The first-order valence-electron chi connectivity index (χ1n) is 9.19. The quantitative estimate of drug-likeness (QED) is 0.225. The number of aromatic nitrogens is 4. The number of hydrogen-bond acceptors (Lipinski definition) is 6. The van der Waals surface area contributed by atoms with Gasteiger partial charge in [0.1, 0.15) is 0 Å². The van der Waals surface area contributed by atoms with Gasteiger partial charge < -0.3 is 9.97 Å². The SMILES string of the molecule is c1ccc2[nH]c(SCCSCCSCCSc3nc4ccccc4[nH]3)nc2c1. The Labute approximate surface area is 181 Å². The van der Waals surface area contributed by atoms with Gasteiger partial charge in [0, 0.05) is 34.5 Å². The molecule has 28 heavy (non-hydrogen) atoms. The fraction of sp³-hybridized carbons (Fsp3) is 0.300. The van der Waals surface area contributed by atoms with Gasteiger partial charge in [-0.25, -0.2) is 9.97 Å². The zero-order valence-corrected chi connectivity index (χ0v) is 18.7. The van der Waals surface area contributed by atoms with Crippen molar-refractivity contribution in [3.05, 3.63) is 48.5 Å². The van der Waals surface area contributed by atoms with Crippen molar-refractivity contribution in [3.8, 4) is 0 Å². The molecule has 0 fully saturated rings. The standard InChI is InChI=1S/C20H22N4S4/c1-2-6-16-15(5-1)21-19(22-16)27-13-11-25-9-10-26-12-14-28-20-23-17-7-3-4-8-18(17)24-20/h1-8H,9-14H2,(H,21,22)(H,23,24). The van der Waals surface area contributed by atoms with Crippen LogP contribution in [0.25, 0.3) is 22.1 Å². The number of nitrogens with zero attached hydrogens (tertiary/aromatic N) is 2. The number of thioether (sulfide) groups is 4. The number of aromatic amines is 2. The van der Waals surface area contributed by atoms with E-state index in [-0.39, 0.29) is 0 Å². The van der Waals surface area contributed by atoms with E-state index in [0.29, 0.717) is 0 Å². The minimum Gasteiger partial charge on any atom is -0.333 e. The van der Waals surface area contributed by atoms with Crippen LogP contribution in [-0.4, -0.2) is 54.5 Å². The molecule has 0 atom stereocenters. The topological polar surface area (TPSA) is 57.4 Å². The van der Waals surface area contributed by atoms with Crippen LogP contribution in [-0.2, 0) is 0 Å². The third kappa shape index (κ3) is 5.65. The molecule has 4 aromatic rings. The number of fused-ring (bicyclic) bond motifs is 2. The maximum Gasteiger partial charge on any atom is 0.166 e. The number of nitrogens with one attached hydrogen (secondary N) is 2. The Balaban J connectivity index is 1.03. The molecule has 0 unspecified atom stereocenters. The smallest absolute Gasteiger partial charge is 0.166 e. The second kappa shape index (κ2) is 10.5. The summed E-state index contributed by atoms with van der Waals surface area (Å²) in [5, 5.41) is 2.05. The highest BCUT2D eigenvalue weighted by Gasteiger charge is 2.03. The maximum absolute atomic E-state index is 4.60. The fourth-order valence-corrected chi connectivity index (χ4v) is 6.75. The van der Waals surface area contributed by atoms with Crippen LogP contribution in [0.2, 0.25) is 0 Å². The highest BCUT2D eigenvalue weighted by molar-refractivity contribution is 8.05. The Bertz CT molecular complexity index is 865. The molecule has 0 radical (unpaired) electrons. The summed E-state index contributed by atoms with van der Waals surface area (Å²) in [6.45, 7) is 0. The Morgan fingerprint density at radius 2 is 1.00 bits per heavy atom. The zero-order chi connectivity index (χ0) is 19.0. The summed E-state index contributed by atoms with van der Waals surface area (Å²) in [6, 6.07) is 16.4. The first kappa shape index (κ1) is 20.1. The van der Waals surface area contributed by atoms with E-state index in [0.717, 1.165) is 55.4 Å². The maximum atomic E-state index is 4.60. The summed E-state index contributed by atoms with van der Waals surface area (Å²) in [6.07, 6.45) is 0. The largest absolute Gasteiger partial charge is 0.333 e. The molecule has 0 saturated heterocycles. The molecule has 8 heteroatoms. The Hall–Kier alpha value is -1.22. The van der Waals surface area contributed by atoms with E-state index in [1.807, 2.05) is 83.4 Å². The van der Waals surface area contributed by atoms with Gasteiger partial charge in [-0.15, -0.1) is 0 Å². The van der Waals surface area contributed by atoms with Crippen molar-refractivity contribution < 1.29 is 0 Å². The number of rotatable bonds is 11. The van der Waals surface area contributed by atoms with Gasteiger partial charge in [-0.3, -0.25) is 0 Å². The molecule has 0 aliphatic heterocycles. The first-order valence-corrected chi connectivity index (χ1v) is 13.5. The van der Waals surface area contributed by atoms with Crippen LogP contribution in [0, 0.1) is 0 Å². The molecule has 2 N–H and O–H groups in total. The number of benzene rings is 2. The van der Waals surface area contributed by atoms with Crippen LogP contribution < -0.4 is 0 Å². The van der Waals surface area contributed by atoms with Crippen LogP contribution in [0.1, 0.15) is 0 Å². The van der Waals surface area contributed by atoms with Gasteiger partial charge in [-0.1, -0.05) is 47.8 Å². The summed E-state index contributed by atoms with van der Waals surface area (Å²) in [5.41, 5.74) is 4.34. The van der Waals surface area contributed by atoms with Crippen LogP contribution in [0.15, 0.2) is 58.8 Å². The normalized spacial score (nSPS) is 11.6. The molecule has 0 amide bonds. The van der Waals surface area contributed by atoms with Gasteiger partial charge in [-0.05, 0) is 24.3 Å². The third-order valence-corrected chi connectivity index (χ3v) is 8.54. The van der Waals surface area contributed by atoms with E-state index in [9.17, 15) is 0 Å². The molecule has 2 aromatic carbocycles. The predicted octanol–water partition coefficient (Wildman–Crippen LogP) is 5.79.